The van der Waals surface area contributed by atoms with E-state index in [1.54, 1.807) is 19.4 Å². The first kappa shape index (κ1) is 17.2. The van der Waals surface area contributed by atoms with Crippen LogP contribution < -0.4 is 4.74 Å². The molecule has 0 radical (unpaired) electrons. The van der Waals surface area contributed by atoms with Gasteiger partial charge in [-0.05, 0) is 36.6 Å². The van der Waals surface area contributed by atoms with E-state index in [4.69, 9.17) is 19.0 Å². The molecule has 3 heterocycles. The number of methoxy groups -OCH3 is 1. The standard InChI is InChI=1S/C19H18BrN3O3/c1-24-16-7-2-13(12-21-16)17-22-18(26-23-17)19(8-10-25-11-9-19)14-3-5-15(20)6-4-14/h2-7,12H,8-11H2,1H3. The minimum absolute atomic E-state index is 0.329. The van der Waals surface area contributed by atoms with Crippen molar-refractivity contribution in [1.82, 2.24) is 15.1 Å². The average molecular weight is 416 g/mol. The van der Waals surface area contributed by atoms with Gasteiger partial charge in [-0.2, -0.15) is 4.98 Å². The first-order valence-corrected chi connectivity index (χ1v) is 9.19. The molecular weight excluding hydrogens is 398 g/mol. The lowest BCUT2D eigenvalue weighted by atomic mass is 9.74. The summed E-state index contributed by atoms with van der Waals surface area (Å²) in [6.07, 6.45) is 3.29. The Morgan fingerprint density at radius 1 is 1.08 bits per heavy atom. The maximum atomic E-state index is 5.72. The fourth-order valence-corrected chi connectivity index (χ4v) is 3.55. The molecule has 0 saturated carbocycles. The normalized spacial score (nSPS) is 16.4. The van der Waals surface area contributed by atoms with E-state index in [1.807, 2.05) is 18.2 Å². The summed E-state index contributed by atoms with van der Waals surface area (Å²) >= 11 is 3.50. The number of halogens is 1. The van der Waals surface area contributed by atoms with Crippen LogP contribution in [-0.2, 0) is 10.2 Å². The van der Waals surface area contributed by atoms with Crippen molar-refractivity contribution < 1.29 is 14.0 Å². The highest BCUT2D eigenvalue weighted by Crippen LogP contribution is 2.41. The highest BCUT2D eigenvalue weighted by atomic mass is 79.9. The minimum Gasteiger partial charge on any atom is -0.481 e. The summed E-state index contributed by atoms with van der Waals surface area (Å²) in [5.74, 6) is 1.69. The van der Waals surface area contributed by atoms with Crippen molar-refractivity contribution >= 4 is 15.9 Å². The van der Waals surface area contributed by atoms with Gasteiger partial charge >= 0.3 is 0 Å². The van der Waals surface area contributed by atoms with E-state index in [0.29, 0.717) is 30.8 Å². The predicted molar refractivity (Wildman–Crippen MR) is 99.1 cm³/mol. The highest BCUT2D eigenvalue weighted by molar-refractivity contribution is 9.10. The first-order valence-electron chi connectivity index (χ1n) is 8.40. The molecule has 0 bridgehead atoms. The van der Waals surface area contributed by atoms with Crippen LogP contribution in [0.4, 0.5) is 0 Å². The zero-order valence-electron chi connectivity index (χ0n) is 14.3. The monoisotopic (exact) mass is 415 g/mol. The van der Waals surface area contributed by atoms with Gasteiger partial charge in [0.2, 0.25) is 17.6 Å². The molecule has 134 valence electrons. The quantitative estimate of drug-likeness (QED) is 0.641. The Morgan fingerprint density at radius 2 is 1.85 bits per heavy atom. The van der Waals surface area contributed by atoms with E-state index in [-0.39, 0.29) is 5.41 Å². The molecule has 26 heavy (non-hydrogen) atoms. The molecule has 0 amide bonds. The summed E-state index contributed by atoms with van der Waals surface area (Å²) in [6, 6.07) is 11.9. The van der Waals surface area contributed by atoms with Gasteiger partial charge in [-0.25, -0.2) is 4.98 Å². The van der Waals surface area contributed by atoms with E-state index in [0.717, 1.165) is 28.4 Å². The fraction of sp³-hybridized carbons (Fsp3) is 0.316. The lowest BCUT2D eigenvalue weighted by Gasteiger charge is -2.34. The topological polar surface area (TPSA) is 70.3 Å². The molecule has 3 aromatic rings. The van der Waals surface area contributed by atoms with Crippen LogP contribution in [0.5, 0.6) is 5.88 Å². The summed E-state index contributed by atoms with van der Waals surface area (Å²) in [5, 5.41) is 4.19. The molecule has 0 spiro atoms. The second kappa shape index (κ2) is 7.17. The fourth-order valence-electron chi connectivity index (χ4n) is 3.28. The van der Waals surface area contributed by atoms with E-state index in [2.05, 4.69) is 38.2 Å². The van der Waals surface area contributed by atoms with Crippen LogP contribution in [-0.4, -0.2) is 35.4 Å². The number of ether oxygens (including phenoxy) is 2. The minimum atomic E-state index is -0.329. The van der Waals surface area contributed by atoms with Crippen LogP contribution in [0.25, 0.3) is 11.4 Å². The number of hydrogen-bond donors (Lipinski definition) is 0. The van der Waals surface area contributed by atoms with E-state index < -0.39 is 0 Å². The number of rotatable bonds is 4. The molecule has 6 nitrogen and oxygen atoms in total. The van der Waals surface area contributed by atoms with Crippen molar-refractivity contribution in [3.8, 4) is 17.3 Å². The van der Waals surface area contributed by atoms with Crippen molar-refractivity contribution in [2.75, 3.05) is 20.3 Å². The maximum absolute atomic E-state index is 5.72. The summed E-state index contributed by atoms with van der Waals surface area (Å²) in [4.78, 5) is 8.92. The van der Waals surface area contributed by atoms with Crippen molar-refractivity contribution in [3.05, 3.63) is 58.5 Å². The Morgan fingerprint density at radius 3 is 2.50 bits per heavy atom. The second-order valence-electron chi connectivity index (χ2n) is 6.21. The summed E-state index contributed by atoms with van der Waals surface area (Å²) in [5.41, 5.74) is 1.62. The smallest absolute Gasteiger partial charge is 0.237 e. The third-order valence-corrected chi connectivity index (χ3v) is 5.31. The number of nitrogens with zero attached hydrogens (tertiary/aromatic N) is 3. The number of aromatic nitrogens is 3. The van der Waals surface area contributed by atoms with Gasteiger partial charge < -0.3 is 14.0 Å². The average Bonchev–Trinajstić information content (AvgIpc) is 3.20. The molecule has 1 aliphatic heterocycles. The maximum Gasteiger partial charge on any atom is 0.237 e. The Balaban J connectivity index is 1.72. The molecule has 0 aliphatic carbocycles. The Hall–Kier alpha value is -2.25. The Labute approximate surface area is 159 Å². The van der Waals surface area contributed by atoms with Gasteiger partial charge in [0, 0.05) is 35.5 Å². The first-order chi connectivity index (χ1) is 12.7. The molecule has 1 fully saturated rings. The summed E-state index contributed by atoms with van der Waals surface area (Å²) in [6.45, 7) is 1.33. The lowest BCUT2D eigenvalue weighted by Crippen LogP contribution is -2.35. The Bertz CT molecular complexity index is 872. The van der Waals surface area contributed by atoms with Gasteiger partial charge in [0.15, 0.2) is 0 Å². The molecule has 0 unspecified atom stereocenters. The van der Waals surface area contributed by atoms with E-state index in [1.165, 1.54) is 0 Å². The van der Waals surface area contributed by atoms with Crippen LogP contribution in [0, 0.1) is 0 Å². The lowest BCUT2D eigenvalue weighted by molar-refractivity contribution is 0.0523. The molecule has 4 rings (SSSR count). The van der Waals surface area contributed by atoms with Gasteiger partial charge in [-0.15, -0.1) is 0 Å². The van der Waals surface area contributed by atoms with Crippen LogP contribution >= 0.6 is 15.9 Å². The largest absolute Gasteiger partial charge is 0.481 e. The molecule has 2 aromatic heterocycles. The molecule has 7 heteroatoms. The van der Waals surface area contributed by atoms with Gasteiger partial charge in [-0.3, -0.25) is 0 Å². The van der Waals surface area contributed by atoms with Crippen molar-refractivity contribution in [1.29, 1.82) is 0 Å². The summed E-state index contributed by atoms with van der Waals surface area (Å²) < 4.78 is 17.4. The third kappa shape index (κ3) is 3.12. The molecule has 1 saturated heterocycles. The number of benzene rings is 1. The van der Waals surface area contributed by atoms with Gasteiger partial charge in [0.25, 0.3) is 0 Å². The Kier molecular flexibility index (Phi) is 4.74. The summed E-state index contributed by atoms with van der Waals surface area (Å²) in [7, 11) is 1.58. The second-order valence-corrected chi connectivity index (χ2v) is 7.13. The van der Waals surface area contributed by atoms with Gasteiger partial charge in [0.1, 0.15) is 0 Å². The van der Waals surface area contributed by atoms with Crippen molar-refractivity contribution in [2.45, 2.75) is 18.3 Å². The molecular formula is C19H18BrN3O3. The van der Waals surface area contributed by atoms with Gasteiger partial charge in [0.05, 0.1) is 12.5 Å². The molecule has 1 aromatic carbocycles. The number of pyridine rings is 1. The van der Waals surface area contributed by atoms with Gasteiger partial charge in [-0.1, -0.05) is 33.2 Å². The van der Waals surface area contributed by atoms with Crippen LogP contribution in [0.1, 0.15) is 24.3 Å². The van der Waals surface area contributed by atoms with Crippen molar-refractivity contribution in [3.63, 3.8) is 0 Å². The molecule has 0 atom stereocenters. The number of hydrogen-bond acceptors (Lipinski definition) is 6. The zero-order valence-corrected chi connectivity index (χ0v) is 15.9. The van der Waals surface area contributed by atoms with Crippen LogP contribution in [0.15, 0.2) is 51.6 Å². The zero-order chi connectivity index (χ0) is 18.0. The molecule has 1 aliphatic rings. The van der Waals surface area contributed by atoms with E-state index >= 15 is 0 Å². The van der Waals surface area contributed by atoms with E-state index in [9.17, 15) is 0 Å². The predicted octanol–water partition coefficient (Wildman–Crippen LogP) is 4.00. The molecule has 0 N–H and O–H groups in total. The SMILES string of the molecule is COc1ccc(-c2noc(C3(c4ccc(Br)cc4)CCOCC3)n2)cn1. The van der Waals surface area contributed by atoms with Crippen LogP contribution in [0.2, 0.25) is 0 Å². The highest BCUT2D eigenvalue weighted by Gasteiger charge is 2.41. The third-order valence-electron chi connectivity index (χ3n) is 4.78. The van der Waals surface area contributed by atoms with Crippen molar-refractivity contribution in [2.24, 2.45) is 0 Å². The van der Waals surface area contributed by atoms with Crippen LogP contribution in [0.3, 0.4) is 0 Å².